The molecule has 0 rings (SSSR count). The first-order valence-corrected chi connectivity index (χ1v) is 5.50. The highest BCUT2D eigenvalue weighted by molar-refractivity contribution is 5.84. The standard InChI is InChI=1S/C11H21N2O2/c1-13-11(15)9-7-5-3-2-4-6-8-10(12)14/h9H,2-8H2,1H3,(H2,12,14)(H,13,15). The predicted molar refractivity (Wildman–Crippen MR) is 59.9 cm³/mol. The molecule has 3 N–H and O–H groups in total. The van der Waals surface area contributed by atoms with Crippen LogP contribution in [0.5, 0.6) is 0 Å². The lowest BCUT2D eigenvalue weighted by Crippen LogP contribution is -2.17. The lowest BCUT2D eigenvalue weighted by Gasteiger charge is -2.00. The zero-order valence-corrected chi connectivity index (χ0v) is 9.42. The number of primary amides is 1. The van der Waals surface area contributed by atoms with E-state index in [9.17, 15) is 9.59 Å². The van der Waals surface area contributed by atoms with Gasteiger partial charge in [0, 0.05) is 19.9 Å². The highest BCUT2D eigenvalue weighted by Gasteiger charge is 1.98. The highest BCUT2D eigenvalue weighted by Crippen LogP contribution is 2.07. The molecule has 0 aromatic carbocycles. The van der Waals surface area contributed by atoms with Gasteiger partial charge < -0.3 is 11.1 Å². The van der Waals surface area contributed by atoms with Crippen LogP contribution in [0.4, 0.5) is 0 Å². The number of rotatable bonds is 9. The summed E-state index contributed by atoms with van der Waals surface area (Å²) in [6.07, 6.45) is 8.16. The molecule has 87 valence electrons. The van der Waals surface area contributed by atoms with Gasteiger partial charge in [0.05, 0.1) is 0 Å². The molecule has 0 aliphatic heterocycles. The smallest absolute Gasteiger partial charge is 0.223 e. The number of nitrogens with one attached hydrogen (secondary N) is 1. The van der Waals surface area contributed by atoms with Crippen molar-refractivity contribution >= 4 is 11.8 Å². The Hall–Kier alpha value is -1.06. The normalized spacial score (nSPS) is 9.93. The second-order valence-electron chi connectivity index (χ2n) is 3.59. The molecular weight excluding hydrogens is 192 g/mol. The molecule has 0 bridgehead atoms. The molecule has 2 amide bonds. The molecule has 4 heteroatoms. The van der Waals surface area contributed by atoms with Gasteiger partial charge in [-0.2, -0.15) is 0 Å². The summed E-state index contributed by atoms with van der Waals surface area (Å²) in [7, 11) is 1.63. The second kappa shape index (κ2) is 9.49. The highest BCUT2D eigenvalue weighted by atomic mass is 16.1. The van der Waals surface area contributed by atoms with E-state index < -0.39 is 0 Å². The van der Waals surface area contributed by atoms with Crippen molar-refractivity contribution in [1.29, 1.82) is 0 Å². The summed E-state index contributed by atoms with van der Waals surface area (Å²) in [6, 6.07) is 0. The second-order valence-corrected chi connectivity index (χ2v) is 3.59. The Morgan fingerprint density at radius 1 is 1.13 bits per heavy atom. The van der Waals surface area contributed by atoms with Gasteiger partial charge in [-0.3, -0.25) is 9.59 Å². The third-order valence-electron chi connectivity index (χ3n) is 2.20. The number of hydrogen-bond donors (Lipinski definition) is 2. The van der Waals surface area contributed by atoms with Crippen molar-refractivity contribution in [3.05, 3.63) is 6.42 Å². The Morgan fingerprint density at radius 2 is 1.73 bits per heavy atom. The Balaban J connectivity index is 3.05. The van der Waals surface area contributed by atoms with E-state index in [0.29, 0.717) is 6.42 Å². The van der Waals surface area contributed by atoms with Gasteiger partial charge in [-0.25, -0.2) is 0 Å². The summed E-state index contributed by atoms with van der Waals surface area (Å²) >= 11 is 0. The first-order valence-electron chi connectivity index (χ1n) is 5.50. The maximum atomic E-state index is 10.8. The van der Waals surface area contributed by atoms with Crippen molar-refractivity contribution in [3.63, 3.8) is 0 Å². The molecular formula is C11H21N2O2. The number of hydrogen-bond acceptors (Lipinski definition) is 2. The minimum atomic E-state index is -0.219. The van der Waals surface area contributed by atoms with Crippen LogP contribution in [0.2, 0.25) is 0 Å². The fourth-order valence-corrected chi connectivity index (χ4v) is 1.31. The molecule has 0 fully saturated rings. The Bertz CT molecular complexity index is 193. The molecule has 0 saturated heterocycles. The zero-order chi connectivity index (χ0) is 11.5. The fraction of sp³-hybridized carbons (Fsp3) is 0.727. The van der Waals surface area contributed by atoms with Crippen molar-refractivity contribution in [3.8, 4) is 0 Å². The molecule has 0 saturated carbocycles. The first-order chi connectivity index (χ1) is 7.16. The fourth-order valence-electron chi connectivity index (χ4n) is 1.31. The average molecular weight is 213 g/mol. The van der Waals surface area contributed by atoms with Gasteiger partial charge in [0.2, 0.25) is 11.8 Å². The van der Waals surface area contributed by atoms with Crippen LogP contribution in [0.3, 0.4) is 0 Å². The third-order valence-corrected chi connectivity index (χ3v) is 2.20. The number of amides is 2. The lowest BCUT2D eigenvalue weighted by molar-refractivity contribution is -0.118. The van der Waals surface area contributed by atoms with Crippen molar-refractivity contribution < 1.29 is 9.59 Å². The van der Waals surface area contributed by atoms with Gasteiger partial charge >= 0.3 is 0 Å². The summed E-state index contributed by atoms with van der Waals surface area (Å²) < 4.78 is 0. The molecule has 0 aromatic heterocycles. The molecule has 15 heavy (non-hydrogen) atoms. The van der Waals surface area contributed by atoms with Crippen LogP contribution in [0, 0.1) is 6.42 Å². The van der Waals surface area contributed by atoms with Crippen molar-refractivity contribution in [2.45, 2.75) is 44.9 Å². The molecule has 1 radical (unpaired) electrons. The van der Waals surface area contributed by atoms with Crippen LogP contribution in [0.1, 0.15) is 44.9 Å². The molecule has 0 atom stereocenters. The van der Waals surface area contributed by atoms with Gasteiger partial charge in [-0.05, 0) is 12.8 Å². The number of carbonyl (C=O) groups is 2. The van der Waals surface area contributed by atoms with Gasteiger partial charge in [-0.1, -0.05) is 25.7 Å². The SMILES string of the molecule is CNC(=O)[CH]CCCCCCCC(N)=O. The minimum absolute atomic E-state index is 0.0104. The van der Waals surface area contributed by atoms with Crippen LogP contribution in [-0.2, 0) is 9.59 Å². The molecule has 0 spiro atoms. The number of nitrogens with two attached hydrogens (primary N) is 1. The van der Waals surface area contributed by atoms with E-state index in [4.69, 9.17) is 5.73 Å². The molecule has 0 heterocycles. The Kier molecular flexibility index (Phi) is 8.82. The zero-order valence-electron chi connectivity index (χ0n) is 9.42. The number of carbonyl (C=O) groups excluding carboxylic acids is 2. The van der Waals surface area contributed by atoms with E-state index in [1.165, 1.54) is 0 Å². The summed E-state index contributed by atoms with van der Waals surface area (Å²) in [5.41, 5.74) is 5.02. The third kappa shape index (κ3) is 10.9. The van der Waals surface area contributed by atoms with Crippen molar-refractivity contribution in [2.75, 3.05) is 7.05 Å². The first kappa shape index (κ1) is 13.9. The van der Waals surface area contributed by atoms with Crippen LogP contribution in [-0.4, -0.2) is 18.9 Å². The summed E-state index contributed by atoms with van der Waals surface area (Å²) in [5.74, 6) is -0.230. The Labute approximate surface area is 91.6 Å². The summed E-state index contributed by atoms with van der Waals surface area (Å²) in [5, 5.41) is 2.54. The van der Waals surface area contributed by atoms with E-state index in [-0.39, 0.29) is 11.8 Å². The van der Waals surface area contributed by atoms with Crippen LogP contribution in [0.25, 0.3) is 0 Å². The minimum Gasteiger partial charge on any atom is -0.370 e. The van der Waals surface area contributed by atoms with E-state index in [1.807, 2.05) is 0 Å². The monoisotopic (exact) mass is 213 g/mol. The molecule has 0 aromatic rings. The predicted octanol–water partition coefficient (Wildman–Crippen LogP) is 1.15. The van der Waals surface area contributed by atoms with Crippen molar-refractivity contribution in [2.24, 2.45) is 5.73 Å². The van der Waals surface area contributed by atoms with Gasteiger partial charge in [0.25, 0.3) is 0 Å². The van der Waals surface area contributed by atoms with Crippen LogP contribution < -0.4 is 11.1 Å². The van der Waals surface area contributed by atoms with Gasteiger partial charge in [0.1, 0.15) is 0 Å². The van der Waals surface area contributed by atoms with Gasteiger partial charge in [-0.15, -0.1) is 0 Å². The topological polar surface area (TPSA) is 72.2 Å². The molecule has 0 aliphatic carbocycles. The van der Waals surface area contributed by atoms with Crippen LogP contribution in [0.15, 0.2) is 0 Å². The van der Waals surface area contributed by atoms with Crippen molar-refractivity contribution in [1.82, 2.24) is 5.32 Å². The molecule has 0 aliphatic rings. The van der Waals surface area contributed by atoms with Crippen LogP contribution >= 0.6 is 0 Å². The number of unbranched alkanes of at least 4 members (excludes halogenated alkanes) is 5. The van der Waals surface area contributed by atoms with E-state index in [1.54, 1.807) is 13.5 Å². The summed E-state index contributed by atoms with van der Waals surface area (Å²) in [4.78, 5) is 21.2. The maximum absolute atomic E-state index is 10.8. The largest absolute Gasteiger partial charge is 0.370 e. The average Bonchev–Trinajstić information content (AvgIpc) is 2.21. The summed E-state index contributed by atoms with van der Waals surface area (Å²) in [6.45, 7) is 0. The van der Waals surface area contributed by atoms with E-state index in [0.717, 1.165) is 38.5 Å². The molecule has 0 unspecified atom stereocenters. The van der Waals surface area contributed by atoms with E-state index >= 15 is 0 Å². The maximum Gasteiger partial charge on any atom is 0.223 e. The lowest BCUT2D eigenvalue weighted by atomic mass is 10.1. The molecule has 4 nitrogen and oxygen atoms in total. The van der Waals surface area contributed by atoms with Gasteiger partial charge in [0.15, 0.2) is 0 Å². The van der Waals surface area contributed by atoms with E-state index in [2.05, 4.69) is 5.32 Å². The quantitative estimate of drug-likeness (QED) is 0.564. The Morgan fingerprint density at radius 3 is 2.33 bits per heavy atom.